The topological polar surface area (TPSA) is 62.7 Å². The van der Waals surface area contributed by atoms with E-state index in [1.165, 1.54) is 10.5 Å². The standard InChI is InChI=1S/C33H33GeN2O.C11H8N.Ir/c1-20(2)34(7,21(3)4)25-13-11-24(12-14-25)26-15-16-28-27-9-8-10-29(31-17-22(5)23(6)19-36-31)32(27)37-33(28)30(26)18-35;1-2-6-10(7-3-1)11-8-4-5-9-12-11;/h8-9,11-17,19-21H,1-7H3;1-6,8-9H;/q2*-1;/i5D3,6D3;;. The second-order valence-corrected chi connectivity index (χ2v) is 24.4. The smallest absolute Gasteiger partial charge is 0.305 e. The summed E-state index contributed by atoms with van der Waals surface area (Å²) in [6.07, 6.45) is 2.88. The molecule has 1 radical (unpaired) electrons. The minimum Gasteiger partial charge on any atom is -0.305 e. The second-order valence-electron chi connectivity index (χ2n) is 12.9. The van der Waals surface area contributed by atoms with Gasteiger partial charge in [-0.1, -0.05) is 17.7 Å². The number of pyridine rings is 2. The molecule has 7 rings (SSSR count). The molecular weight excluding hydrogens is 851 g/mol. The van der Waals surface area contributed by atoms with Crippen molar-refractivity contribution in [3.05, 3.63) is 138 Å². The van der Waals surface area contributed by atoms with Crippen molar-refractivity contribution in [2.45, 2.75) is 56.7 Å². The summed E-state index contributed by atoms with van der Waals surface area (Å²) in [5.74, 6) is 2.48. The summed E-state index contributed by atoms with van der Waals surface area (Å²) in [4.78, 5) is 8.53. The molecular formula is C44H41GeIrN3O-2. The Hall–Kier alpha value is -4.34. The molecule has 0 aliphatic carbocycles. The van der Waals surface area contributed by atoms with E-state index in [1.807, 2.05) is 60.7 Å². The summed E-state index contributed by atoms with van der Waals surface area (Å²) < 4.78 is 56.2. The van der Waals surface area contributed by atoms with Gasteiger partial charge in [0, 0.05) is 40.7 Å². The number of rotatable bonds is 6. The Morgan fingerprint density at radius 3 is 2.16 bits per heavy atom. The predicted octanol–water partition coefficient (Wildman–Crippen LogP) is 11.3. The van der Waals surface area contributed by atoms with Crippen LogP contribution in [0.2, 0.25) is 15.3 Å². The van der Waals surface area contributed by atoms with E-state index < -0.39 is 27.0 Å². The third-order valence-electron chi connectivity index (χ3n) is 9.74. The van der Waals surface area contributed by atoms with E-state index in [1.54, 1.807) is 12.3 Å². The van der Waals surface area contributed by atoms with Gasteiger partial charge in [-0.2, -0.15) is 0 Å². The van der Waals surface area contributed by atoms with Crippen LogP contribution in [0.25, 0.3) is 55.6 Å². The first-order chi connectivity index (χ1) is 26.0. The van der Waals surface area contributed by atoms with Gasteiger partial charge < -0.3 is 4.98 Å². The number of hydrogen-bond donors (Lipinski definition) is 0. The van der Waals surface area contributed by atoms with Crippen molar-refractivity contribution in [1.82, 2.24) is 9.97 Å². The average Bonchev–Trinajstić information content (AvgIpc) is 3.56. The molecule has 50 heavy (non-hydrogen) atoms. The van der Waals surface area contributed by atoms with E-state index in [2.05, 4.69) is 85.9 Å². The molecule has 0 spiro atoms. The van der Waals surface area contributed by atoms with Gasteiger partial charge in [0.05, 0.1) is 0 Å². The van der Waals surface area contributed by atoms with Crippen molar-refractivity contribution in [3.8, 4) is 39.7 Å². The molecule has 0 fully saturated rings. The number of aryl methyl sites for hydroxylation is 2. The maximum absolute atomic E-state index is 10.3. The number of benzene rings is 4. The van der Waals surface area contributed by atoms with Gasteiger partial charge in [-0.25, -0.2) is 0 Å². The zero-order valence-corrected chi connectivity index (χ0v) is 33.1. The Labute approximate surface area is 320 Å². The number of fused-ring (bicyclic) bond motifs is 3. The SMILES string of the molecule is [2H]C([2H])([2H])c1cnc(-c2[c-]ccc3c2oc2c(C#N)c(-c4cc[c]([Ge]([CH3])([CH](C)C)[CH](C)C)cc4)ccc23)cc1C([2H])([2H])[2H].[Ir].[c-]1ccccc1-c1ccccn1. The molecule has 0 saturated carbocycles. The number of aromatic nitrogens is 2. The van der Waals surface area contributed by atoms with Crippen LogP contribution in [0.15, 0.2) is 114 Å². The Balaban J connectivity index is 0.000000391. The normalized spacial score (nSPS) is 13.6. The first-order valence-corrected chi connectivity index (χ1v) is 21.9. The van der Waals surface area contributed by atoms with E-state index in [0.717, 1.165) is 39.4 Å². The van der Waals surface area contributed by atoms with Crippen LogP contribution in [-0.4, -0.2) is 23.2 Å². The van der Waals surface area contributed by atoms with Crippen molar-refractivity contribution >= 4 is 39.6 Å². The van der Waals surface area contributed by atoms with Crippen LogP contribution in [0.1, 0.15) is 52.6 Å². The summed E-state index contributed by atoms with van der Waals surface area (Å²) >= 11 is -2.32. The van der Waals surface area contributed by atoms with Crippen molar-refractivity contribution in [2.24, 2.45) is 0 Å². The Kier molecular flexibility index (Phi) is 9.23. The van der Waals surface area contributed by atoms with Gasteiger partial charge in [-0.3, -0.25) is 0 Å². The minimum absolute atomic E-state index is 0. The summed E-state index contributed by atoms with van der Waals surface area (Å²) in [7, 11) is 0. The van der Waals surface area contributed by atoms with Gasteiger partial charge in [0.25, 0.3) is 0 Å². The fraction of sp³-hybridized carbons (Fsp3) is 0.205. The first kappa shape index (κ1) is 29.4. The predicted molar refractivity (Wildman–Crippen MR) is 205 cm³/mol. The molecule has 0 aliphatic heterocycles. The van der Waals surface area contributed by atoms with Gasteiger partial charge in [0.1, 0.15) is 0 Å². The van der Waals surface area contributed by atoms with Crippen LogP contribution in [0.5, 0.6) is 0 Å². The first-order valence-electron chi connectivity index (χ1n) is 19.4. The molecule has 4 aromatic carbocycles. The van der Waals surface area contributed by atoms with Crippen LogP contribution in [-0.2, 0) is 20.1 Å². The Bertz CT molecular complexity index is 2450. The molecule has 0 saturated heterocycles. The molecule has 3 heterocycles. The second kappa shape index (κ2) is 15.7. The van der Waals surface area contributed by atoms with Crippen LogP contribution < -0.4 is 4.40 Å². The van der Waals surface area contributed by atoms with Gasteiger partial charge in [-0.15, -0.1) is 35.9 Å². The quantitative estimate of drug-likeness (QED) is 0.123. The molecule has 3 aromatic heterocycles. The number of hydrogen-bond acceptors (Lipinski definition) is 4. The zero-order valence-electron chi connectivity index (χ0n) is 34.6. The molecule has 4 nitrogen and oxygen atoms in total. The Morgan fingerprint density at radius 1 is 0.780 bits per heavy atom. The van der Waals surface area contributed by atoms with Gasteiger partial charge in [0.2, 0.25) is 0 Å². The van der Waals surface area contributed by atoms with Gasteiger partial charge >= 0.3 is 192 Å². The third kappa shape index (κ3) is 7.12. The number of nitrogens with zero attached hydrogens (tertiary/aromatic N) is 3. The van der Waals surface area contributed by atoms with E-state index in [9.17, 15) is 5.26 Å². The molecule has 0 unspecified atom stereocenters. The van der Waals surface area contributed by atoms with Crippen molar-refractivity contribution in [1.29, 1.82) is 5.26 Å². The maximum atomic E-state index is 10.3. The van der Waals surface area contributed by atoms with Crippen molar-refractivity contribution in [2.75, 3.05) is 0 Å². The zero-order chi connectivity index (χ0) is 39.7. The van der Waals surface area contributed by atoms with Crippen LogP contribution in [0, 0.1) is 37.2 Å². The molecule has 0 atom stereocenters. The van der Waals surface area contributed by atoms with Crippen molar-refractivity contribution in [3.63, 3.8) is 0 Å². The summed E-state index contributed by atoms with van der Waals surface area (Å²) in [5.41, 5.74) is 4.91. The number of nitriles is 1. The minimum atomic E-state index is -2.66. The molecule has 0 amide bonds. The van der Waals surface area contributed by atoms with Crippen LogP contribution >= 0.6 is 0 Å². The van der Waals surface area contributed by atoms with Crippen molar-refractivity contribution < 1.29 is 32.7 Å². The molecule has 0 aliphatic rings. The van der Waals surface area contributed by atoms with Gasteiger partial charge in [0.15, 0.2) is 0 Å². The summed E-state index contributed by atoms with van der Waals surface area (Å²) in [6, 6.07) is 39.5. The molecule has 0 bridgehead atoms. The monoisotopic (exact) mass is 900 g/mol. The molecule has 7 aromatic rings. The number of furan rings is 1. The third-order valence-corrected chi connectivity index (χ3v) is 23.1. The summed E-state index contributed by atoms with van der Waals surface area (Å²) in [6.45, 7) is 4.00. The fourth-order valence-electron chi connectivity index (χ4n) is 6.36. The molecule has 6 heteroatoms. The van der Waals surface area contributed by atoms with E-state index in [-0.39, 0.29) is 36.9 Å². The Morgan fingerprint density at radius 2 is 1.52 bits per heavy atom. The van der Waals surface area contributed by atoms with E-state index in [4.69, 9.17) is 12.6 Å². The molecule has 0 N–H and O–H groups in total. The van der Waals surface area contributed by atoms with Crippen LogP contribution in [0.3, 0.4) is 0 Å². The summed E-state index contributed by atoms with van der Waals surface area (Å²) in [5, 5.41) is 11.8. The van der Waals surface area contributed by atoms with E-state index >= 15 is 0 Å². The van der Waals surface area contributed by atoms with Gasteiger partial charge in [-0.05, 0) is 31.0 Å². The van der Waals surface area contributed by atoms with Crippen LogP contribution in [0.4, 0.5) is 0 Å². The fourth-order valence-corrected chi connectivity index (χ4v) is 13.8. The molecule has 253 valence electrons. The average molecular weight is 899 g/mol. The van der Waals surface area contributed by atoms with E-state index in [0.29, 0.717) is 31.8 Å².